The summed E-state index contributed by atoms with van der Waals surface area (Å²) in [5, 5.41) is 10.6. The molecule has 2 atom stereocenters. The van der Waals surface area contributed by atoms with E-state index in [1.807, 2.05) is 6.19 Å². The van der Waals surface area contributed by atoms with Gasteiger partial charge in [-0.25, -0.2) is 4.98 Å². The number of aliphatic imine (C=N–C) groups is 1. The maximum atomic E-state index is 9.30. The molecule has 7 heteroatoms. The molecule has 40 heavy (non-hydrogen) atoms. The largest absolute Gasteiger partial charge is 0.350 e. The van der Waals surface area contributed by atoms with E-state index in [2.05, 4.69) is 94.7 Å². The smallest absolute Gasteiger partial charge is 0.208 e. The second-order valence-electron chi connectivity index (χ2n) is 12.3. The highest BCUT2D eigenvalue weighted by molar-refractivity contribution is 8.14. The zero-order valence-electron chi connectivity index (χ0n) is 24.2. The first-order valence-corrected chi connectivity index (χ1v) is 16.0. The summed E-state index contributed by atoms with van der Waals surface area (Å²) in [7, 11) is 0. The van der Waals surface area contributed by atoms with E-state index in [0.717, 1.165) is 42.4 Å². The van der Waals surface area contributed by atoms with Crippen molar-refractivity contribution in [3.8, 4) is 6.19 Å². The topological polar surface area (TPSA) is 60.5 Å². The molecule has 0 spiro atoms. The number of imidazole rings is 1. The molecule has 3 aliphatic rings. The van der Waals surface area contributed by atoms with Crippen LogP contribution in [0.15, 0.2) is 59.6 Å². The number of amidine groups is 1. The van der Waals surface area contributed by atoms with E-state index < -0.39 is 0 Å². The van der Waals surface area contributed by atoms with E-state index in [4.69, 9.17) is 4.98 Å². The van der Waals surface area contributed by atoms with Gasteiger partial charge in [-0.3, -0.25) is 4.90 Å². The van der Waals surface area contributed by atoms with Crippen LogP contribution < -0.4 is 0 Å². The molecule has 0 radical (unpaired) electrons. The van der Waals surface area contributed by atoms with Crippen molar-refractivity contribution >= 4 is 28.0 Å². The van der Waals surface area contributed by atoms with Crippen LogP contribution in [-0.4, -0.2) is 61.5 Å². The van der Waals surface area contributed by atoms with Gasteiger partial charge in [0.1, 0.15) is 5.82 Å². The molecular formula is C33H42N6S. The molecule has 0 aliphatic carbocycles. The molecule has 3 aliphatic heterocycles. The van der Waals surface area contributed by atoms with Gasteiger partial charge in [0.25, 0.3) is 0 Å². The van der Waals surface area contributed by atoms with Gasteiger partial charge in [0.05, 0.1) is 11.0 Å². The molecule has 3 saturated heterocycles. The predicted molar refractivity (Wildman–Crippen MR) is 166 cm³/mol. The summed E-state index contributed by atoms with van der Waals surface area (Å²) in [4.78, 5) is 14.3. The van der Waals surface area contributed by atoms with E-state index >= 15 is 0 Å². The lowest BCUT2D eigenvalue weighted by atomic mass is 9.70. The second-order valence-corrected chi connectivity index (χ2v) is 13.9. The van der Waals surface area contributed by atoms with E-state index in [-0.39, 0.29) is 5.41 Å². The molecule has 1 aromatic heterocycles. The highest BCUT2D eigenvalue weighted by Gasteiger charge is 2.44. The van der Waals surface area contributed by atoms with Gasteiger partial charge in [-0.2, -0.15) is 5.26 Å². The van der Waals surface area contributed by atoms with Crippen LogP contribution >= 0.6 is 11.8 Å². The minimum atomic E-state index is 0.172. The first-order chi connectivity index (χ1) is 19.5. The van der Waals surface area contributed by atoms with Crippen LogP contribution in [0.2, 0.25) is 0 Å². The molecule has 3 aromatic rings. The number of thioether (sulfide) groups is 1. The molecule has 2 unspecified atom stereocenters. The van der Waals surface area contributed by atoms with Crippen molar-refractivity contribution in [1.29, 1.82) is 5.26 Å². The predicted octanol–water partition coefficient (Wildman–Crippen LogP) is 6.92. The quantitative estimate of drug-likeness (QED) is 0.188. The molecule has 6 nitrogen and oxygen atoms in total. The molecule has 2 aromatic carbocycles. The van der Waals surface area contributed by atoms with Crippen LogP contribution in [-0.2, 0) is 5.41 Å². The Bertz CT molecular complexity index is 1370. The number of para-hydroxylation sites is 2. The molecule has 0 N–H and O–H groups in total. The normalized spacial score (nSPS) is 25.0. The lowest BCUT2D eigenvalue weighted by Crippen LogP contribution is -2.48. The molecule has 0 amide bonds. The van der Waals surface area contributed by atoms with E-state index in [1.54, 1.807) is 11.8 Å². The van der Waals surface area contributed by atoms with Crippen LogP contribution in [0.4, 0.5) is 0 Å². The number of nitrogens with zero attached hydrogens (tertiary/aromatic N) is 6. The number of aromatic nitrogens is 2. The number of hydrogen-bond acceptors (Lipinski definition) is 5. The number of hydrogen-bond donors (Lipinski definition) is 0. The first-order valence-electron chi connectivity index (χ1n) is 15.1. The average molecular weight is 555 g/mol. The fourth-order valence-corrected chi connectivity index (χ4v) is 8.66. The lowest BCUT2D eigenvalue weighted by Gasteiger charge is -2.46. The number of aryl methyl sites for hydroxylation is 1. The number of rotatable bonds is 6. The van der Waals surface area contributed by atoms with Crippen LogP contribution in [0.1, 0.15) is 76.2 Å². The maximum absolute atomic E-state index is 9.30. The molecule has 210 valence electrons. The van der Waals surface area contributed by atoms with Crippen LogP contribution in [0, 0.1) is 18.4 Å². The fourth-order valence-electron chi connectivity index (χ4n) is 7.82. The Morgan fingerprint density at radius 1 is 1.02 bits per heavy atom. The van der Waals surface area contributed by atoms with Gasteiger partial charge < -0.3 is 9.47 Å². The second kappa shape index (κ2) is 11.6. The number of likely N-dealkylation sites (tertiary alicyclic amines) is 1. The Hall–Kier alpha value is -2.82. The van der Waals surface area contributed by atoms with Gasteiger partial charge in [-0.1, -0.05) is 68.1 Å². The average Bonchev–Trinajstić information content (AvgIpc) is 3.42. The molecule has 2 bridgehead atoms. The van der Waals surface area contributed by atoms with Crippen molar-refractivity contribution in [2.75, 3.05) is 19.6 Å². The van der Waals surface area contributed by atoms with E-state index in [1.165, 1.54) is 49.7 Å². The van der Waals surface area contributed by atoms with Crippen molar-refractivity contribution in [3.05, 3.63) is 66.0 Å². The fraction of sp³-hybridized carbons (Fsp3) is 0.545. The number of nitriles is 1. The third-order valence-electron chi connectivity index (χ3n) is 9.71. The lowest BCUT2D eigenvalue weighted by molar-refractivity contribution is 0.0890. The standard InChI is InChI=1S/C33H42N6S/c1-24(2)40-32(35-23-34)37-18-15-33(16-19-37,26-9-5-4-6-10-26)17-20-38-27-13-14-28(38)22-29(21-27)39-25(3)36-30-11-7-8-12-31(30)39/h4-12,24,27-29H,13-22H2,1-3H3/b35-32-. The summed E-state index contributed by atoms with van der Waals surface area (Å²) in [5.41, 5.74) is 4.07. The maximum Gasteiger partial charge on any atom is 0.208 e. The summed E-state index contributed by atoms with van der Waals surface area (Å²) >= 11 is 1.71. The third kappa shape index (κ3) is 5.29. The van der Waals surface area contributed by atoms with Crippen molar-refractivity contribution in [2.45, 2.75) is 94.5 Å². The van der Waals surface area contributed by atoms with Crippen LogP contribution in [0.25, 0.3) is 11.0 Å². The Labute approximate surface area is 243 Å². The summed E-state index contributed by atoms with van der Waals surface area (Å²) < 4.78 is 2.54. The summed E-state index contributed by atoms with van der Waals surface area (Å²) in [5.74, 6) is 1.16. The SMILES string of the molecule is Cc1nc2ccccc2n1C1CC2CCC(C1)N2CCC1(c2ccccc2)CCN(/C(=N/C#N)SC(C)C)CC1. The Balaban J connectivity index is 1.17. The number of piperidine rings is 2. The Morgan fingerprint density at radius 2 is 1.70 bits per heavy atom. The molecule has 0 saturated carbocycles. The first kappa shape index (κ1) is 27.4. The van der Waals surface area contributed by atoms with Gasteiger partial charge in [-0.15, -0.1) is 4.99 Å². The summed E-state index contributed by atoms with van der Waals surface area (Å²) in [6.07, 6.45) is 10.5. The highest BCUT2D eigenvalue weighted by Crippen LogP contribution is 2.45. The van der Waals surface area contributed by atoms with Gasteiger partial charge in [0.15, 0.2) is 5.17 Å². The Kier molecular flexibility index (Phi) is 7.92. The molecule has 4 heterocycles. The van der Waals surface area contributed by atoms with Gasteiger partial charge in [0, 0.05) is 36.5 Å². The third-order valence-corrected chi connectivity index (χ3v) is 10.7. The van der Waals surface area contributed by atoms with Crippen molar-refractivity contribution in [1.82, 2.24) is 19.4 Å². The Morgan fingerprint density at radius 3 is 2.38 bits per heavy atom. The monoisotopic (exact) mass is 554 g/mol. The zero-order valence-corrected chi connectivity index (χ0v) is 25.0. The van der Waals surface area contributed by atoms with E-state index in [9.17, 15) is 5.26 Å². The van der Waals surface area contributed by atoms with Crippen molar-refractivity contribution in [2.24, 2.45) is 4.99 Å². The van der Waals surface area contributed by atoms with Crippen molar-refractivity contribution in [3.63, 3.8) is 0 Å². The highest BCUT2D eigenvalue weighted by atomic mass is 32.2. The summed E-state index contributed by atoms with van der Waals surface area (Å²) in [6, 6.07) is 21.7. The zero-order chi connectivity index (χ0) is 27.7. The minimum absolute atomic E-state index is 0.172. The van der Waals surface area contributed by atoms with Gasteiger partial charge >= 0.3 is 0 Å². The van der Waals surface area contributed by atoms with E-state index in [0.29, 0.717) is 23.4 Å². The molecule has 3 fully saturated rings. The number of benzene rings is 2. The van der Waals surface area contributed by atoms with Crippen LogP contribution in [0.5, 0.6) is 0 Å². The van der Waals surface area contributed by atoms with Gasteiger partial charge in [0.2, 0.25) is 6.19 Å². The minimum Gasteiger partial charge on any atom is -0.350 e. The summed E-state index contributed by atoms with van der Waals surface area (Å²) in [6.45, 7) is 9.60. The molecular weight excluding hydrogens is 512 g/mol. The molecule has 6 rings (SSSR count). The van der Waals surface area contributed by atoms with Crippen molar-refractivity contribution < 1.29 is 0 Å². The van der Waals surface area contributed by atoms with Gasteiger partial charge in [-0.05, 0) is 81.5 Å². The number of fused-ring (bicyclic) bond motifs is 3. The van der Waals surface area contributed by atoms with Crippen LogP contribution in [0.3, 0.4) is 0 Å².